The number of hydrogen-bond acceptors (Lipinski definition) is 4. The third kappa shape index (κ3) is 3.90. The average Bonchev–Trinajstić information content (AvgIpc) is 2.88. The van der Waals surface area contributed by atoms with Gasteiger partial charge in [0.05, 0.1) is 16.7 Å². The SMILES string of the molecule is Cc1ccc(C(Cc2nc(C(C)(C)C)cs2)NN)cc1C. The van der Waals surface area contributed by atoms with Crippen LogP contribution in [-0.2, 0) is 11.8 Å². The number of thiazole rings is 1. The van der Waals surface area contributed by atoms with Crippen LogP contribution in [0.3, 0.4) is 0 Å². The molecule has 0 aliphatic rings. The van der Waals surface area contributed by atoms with Crippen molar-refractivity contribution >= 4 is 11.3 Å². The first-order valence-corrected chi connectivity index (χ1v) is 8.17. The zero-order chi connectivity index (χ0) is 15.6. The summed E-state index contributed by atoms with van der Waals surface area (Å²) in [5, 5.41) is 3.28. The fourth-order valence-corrected chi connectivity index (χ4v) is 3.25. The fraction of sp³-hybridized carbons (Fsp3) is 0.471. The van der Waals surface area contributed by atoms with Crippen LogP contribution in [-0.4, -0.2) is 4.98 Å². The molecule has 2 aromatic rings. The number of aryl methyl sites for hydroxylation is 2. The molecule has 1 unspecified atom stereocenters. The van der Waals surface area contributed by atoms with Crippen molar-refractivity contribution in [2.75, 3.05) is 0 Å². The highest BCUT2D eigenvalue weighted by molar-refractivity contribution is 7.09. The molecule has 1 heterocycles. The molecule has 0 fully saturated rings. The van der Waals surface area contributed by atoms with E-state index in [9.17, 15) is 0 Å². The van der Waals surface area contributed by atoms with Gasteiger partial charge in [-0.05, 0) is 30.5 Å². The van der Waals surface area contributed by atoms with Crippen LogP contribution >= 0.6 is 11.3 Å². The maximum atomic E-state index is 5.76. The maximum absolute atomic E-state index is 5.76. The van der Waals surface area contributed by atoms with Crippen LogP contribution in [0.4, 0.5) is 0 Å². The third-order valence-electron chi connectivity index (χ3n) is 3.83. The molecule has 21 heavy (non-hydrogen) atoms. The summed E-state index contributed by atoms with van der Waals surface area (Å²) in [6, 6.07) is 6.60. The lowest BCUT2D eigenvalue weighted by molar-refractivity contribution is 0.541. The van der Waals surface area contributed by atoms with Gasteiger partial charge < -0.3 is 0 Å². The molecule has 0 spiro atoms. The van der Waals surface area contributed by atoms with Gasteiger partial charge in [-0.2, -0.15) is 0 Å². The summed E-state index contributed by atoms with van der Waals surface area (Å²) in [7, 11) is 0. The molecule has 1 atom stereocenters. The van der Waals surface area contributed by atoms with Crippen molar-refractivity contribution in [3.8, 4) is 0 Å². The summed E-state index contributed by atoms with van der Waals surface area (Å²) in [4.78, 5) is 4.76. The van der Waals surface area contributed by atoms with Gasteiger partial charge in [0.2, 0.25) is 0 Å². The van der Waals surface area contributed by atoms with Gasteiger partial charge >= 0.3 is 0 Å². The molecule has 3 nitrogen and oxygen atoms in total. The van der Waals surface area contributed by atoms with Crippen molar-refractivity contribution < 1.29 is 0 Å². The third-order valence-corrected chi connectivity index (χ3v) is 4.70. The van der Waals surface area contributed by atoms with Crippen molar-refractivity contribution in [1.82, 2.24) is 10.4 Å². The lowest BCUT2D eigenvalue weighted by Crippen LogP contribution is -2.29. The van der Waals surface area contributed by atoms with Gasteiger partial charge in [-0.15, -0.1) is 11.3 Å². The van der Waals surface area contributed by atoms with E-state index in [0.717, 1.165) is 17.1 Å². The summed E-state index contributed by atoms with van der Waals surface area (Å²) >= 11 is 1.72. The molecule has 0 aliphatic heterocycles. The molecular weight excluding hydrogens is 278 g/mol. The minimum absolute atomic E-state index is 0.0981. The number of nitrogens with one attached hydrogen (secondary N) is 1. The number of nitrogens with zero attached hydrogens (tertiary/aromatic N) is 1. The van der Waals surface area contributed by atoms with E-state index >= 15 is 0 Å². The Morgan fingerprint density at radius 1 is 1.24 bits per heavy atom. The quantitative estimate of drug-likeness (QED) is 0.667. The van der Waals surface area contributed by atoms with Crippen LogP contribution in [0.5, 0.6) is 0 Å². The second kappa shape index (κ2) is 6.26. The average molecular weight is 303 g/mol. The minimum Gasteiger partial charge on any atom is -0.271 e. The van der Waals surface area contributed by atoms with Crippen molar-refractivity contribution in [2.24, 2.45) is 5.84 Å². The van der Waals surface area contributed by atoms with Crippen molar-refractivity contribution in [3.05, 3.63) is 51.0 Å². The molecule has 4 heteroatoms. The smallest absolute Gasteiger partial charge is 0.0948 e. The summed E-state index contributed by atoms with van der Waals surface area (Å²) in [6.45, 7) is 10.8. The van der Waals surface area contributed by atoms with Crippen LogP contribution in [0.25, 0.3) is 0 Å². The molecule has 0 saturated heterocycles. The second-order valence-corrected chi connectivity index (χ2v) is 7.59. The minimum atomic E-state index is 0.0981. The van der Waals surface area contributed by atoms with E-state index in [2.05, 4.69) is 63.6 Å². The standard InChI is InChI=1S/C17H25N3S/c1-11-6-7-13(8-12(11)2)14(20-18)9-16-19-15(10-21-16)17(3,4)5/h6-8,10,14,20H,9,18H2,1-5H3. The van der Waals surface area contributed by atoms with Gasteiger partial charge in [-0.25, -0.2) is 4.98 Å². The summed E-state index contributed by atoms with van der Waals surface area (Å²) in [5.74, 6) is 5.76. The van der Waals surface area contributed by atoms with Crippen LogP contribution in [0.1, 0.15) is 54.2 Å². The van der Waals surface area contributed by atoms with Gasteiger partial charge in [0.15, 0.2) is 0 Å². The Morgan fingerprint density at radius 2 is 1.95 bits per heavy atom. The van der Waals surface area contributed by atoms with E-state index in [4.69, 9.17) is 10.8 Å². The van der Waals surface area contributed by atoms with Crippen molar-refractivity contribution in [3.63, 3.8) is 0 Å². The predicted octanol–water partition coefficient (Wildman–Crippen LogP) is 3.80. The van der Waals surface area contributed by atoms with Crippen LogP contribution in [0.2, 0.25) is 0 Å². The highest BCUT2D eigenvalue weighted by Gasteiger charge is 2.19. The van der Waals surface area contributed by atoms with Crippen LogP contribution in [0, 0.1) is 13.8 Å². The highest BCUT2D eigenvalue weighted by Crippen LogP contribution is 2.27. The molecule has 114 valence electrons. The zero-order valence-corrected chi connectivity index (χ0v) is 14.3. The Hall–Kier alpha value is -1.23. The van der Waals surface area contributed by atoms with E-state index in [1.165, 1.54) is 16.7 Å². The Balaban J connectivity index is 2.19. The summed E-state index contributed by atoms with van der Waals surface area (Å²) in [5.41, 5.74) is 7.99. The lowest BCUT2D eigenvalue weighted by atomic mass is 9.93. The normalized spacial score (nSPS) is 13.4. The first-order valence-electron chi connectivity index (χ1n) is 7.29. The van der Waals surface area contributed by atoms with Gasteiger partial charge in [-0.1, -0.05) is 39.0 Å². The Morgan fingerprint density at radius 3 is 2.48 bits per heavy atom. The first kappa shape index (κ1) is 16.1. The number of aromatic nitrogens is 1. The Bertz CT molecular complexity index is 611. The van der Waals surface area contributed by atoms with Crippen LogP contribution in [0.15, 0.2) is 23.6 Å². The number of hydrazine groups is 1. The molecule has 1 aromatic heterocycles. The predicted molar refractivity (Wildman–Crippen MR) is 90.5 cm³/mol. The summed E-state index contributed by atoms with van der Waals surface area (Å²) in [6.07, 6.45) is 0.819. The number of benzene rings is 1. The number of rotatable bonds is 4. The molecule has 0 saturated carbocycles. The summed E-state index contributed by atoms with van der Waals surface area (Å²) < 4.78 is 0. The molecule has 0 bridgehead atoms. The largest absolute Gasteiger partial charge is 0.271 e. The Kier molecular flexibility index (Phi) is 4.81. The van der Waals surface area contributed by atoms with E-state index in [0.29, 0.717) is 0 Å². The monoisotopic (exact) mass is 303 g/mol. The lowest BCUT2D eigenvalue weighted by Gasteiger charge is -2.17. The maximum Gasteiger partial charge on any atom is 0.0948 e. The van der Waals surface area contributed by atoms with Gasteiger partial charge in [0, 0.05) is 17.2 Å². The van der Waals surface area contributed by atoms with E-state index in [-0.39, 0.29) is 11.5 Å². The van der Waals surface area contributed by atoms with E-state index < -0.39 is 0 Å². The highest BCUT2D eigenvalue weighted by atomic mass is 32.1. The fourth-order valence-electron chi connectivity index (χ4n) is 2.18. The zero-order valence-electron chi connectivity index (χ0n) is 13.5. The number of nitrogens with two attached hydrogens (primary N) is 1. The molecule has 3 N–H and O–H groups in total. The van der Waals surface area contributed by atoms with Gasteiger partial charge in [0.1, 0.15) is 0 Å². The topological polar surface area (TPSA) is 50.9 Å². The first-order chi connectivity index (χ1) is 9.81. The molecule has 0 amide bonds. The molecule has 0 radical (unpaired) electrons. The Labute approximate surface area is 131 Å². The van der Waals surface area contributed by atoms with Crippen LogP contribution < -0.4 is 11.3 Å². The molecular formula is C17H25N3S. The molecule has 0 aliphatic carbocycles. The van der Waals surface area contributed by atoms with E-state index in [1.54, 1.807) is 11.3 Å². The van der Waals surface area contributed by atoms with E-state index in [1.807, 2.05) is 0 Å². The van der Waals surface area contributed by atoms with Gasteiger partial charge in [-0.3, -0.25) is 11.3 Å². The number of hydrogen-bond donors (Lipinski definition) is 2. The van der Waals surface area contributed by atoms with Crippen molar-refractivity contribution in [2.45, 2.75) is 52.5 Å². The van der Waals surface area contributed by atoms with Gasteiger partial charge in [0.25, 0.3) is 0 Å². The molecule has 2 rings (SSSR count). The second-order valence-electron chi connectivity index (χ2n) is 6.64. The van der Waals surface area contributed by atoms with Crippen molar-refractivity contribution in [1.29, 1.82) is 0 Å². The molecule has 1 aromatic carbocycles.